The fourth-order valence-corrected chi connectivity index (χ4v) is 1.30. The summed E-state index contributed by atoms with van der Waals surface area (Å²) in [5.41, 5.74) is 0. The Balaban J connectivity index is 2.24. The molecule has 6 heteroatoms. The Morgan fingerprint density at radius 2 is 1.25 bits per heavy atom. The minimum Gasteiger partial charge on any atom is -0.453 e. The van der Waals surface area contributed by atoms with Crippen molar-refractivity contribution in [1.82, 2.24) is 0 Å². The summed E-state index contributed by atoms with van der Waals surface area (Å²) in [6.07, 6.45) is -5.01. The van der Waals surface area contributed by atoms with Crippen LogP contribution in [-0.2, 0) is 19.1 Å². The number of carbonyl (C=O) groups is 2. The Kier molecular flexibility index (Phi) is 1.36. The van der Waals surface area contributed by atoms with Crippen LogP contribution in [-0.4, -0.2) is 46.6 Å². The van der Waals surface area contributed by atoms with E-state index in [1.807, 2.05) is 0 Å². The van der Waals surface area contributed by atoms with Crippen LogP contribution >= 0.6 is 0 Å². The van der Waals surface area contributed by atoms with Crippen LogP contribution in [0.1, 0.15) is 0 Å². The topological polar surface area (TPSA) is 93.1 Å². The van der Waals surface area contributed by atoms with Gasteiger partial charge in [0.1, 0.15) is 0 Å². The van der Waals surface area contributed by atoms with E-state index in [1.165, 1.54) is 0 Å². The Bertz CT molecular complexity index is 222. The molecule has 2 rings (SSSR count). The molecule has 0 aromatic carbocycles. The van der Waals surface area contributed by atoms with Gasteiger partial charge in [-0.1, -0.05) is 0 Å². The number of aliphatic hydroxyl groups excluding tert-OH is 2. The van der Waals surface area contributed by atoms with Crippen molar-refractivity contribution in [3.8, 4) is 0 Å². The van der Waals surface area contributed by atoms with E-state index in [-0.39, 0.29) is 0 Å². The van der Waals surface area contributed by atoms with Gasteiger partial charge >= 0.3 is 11.9 Å². The lowest BCUT2D eigenvalue weighted by Crippen LogP contribution is -2.31. The molecule has 0 aromatic rings. The lowest BCUT2D eigenvalue weighted by molar-refractivity contribution is -0.159. The number of esters is 2. The molecule has 0 saturated carbocycles. The van der Waals surface area contributed by atoms with E-state index < -0.39 is 36.4 Å². The fraction of sp³-hybridized carbons (Fsp3) is 0.667. The highest BCUT2D eigenvalue weighted by Crippen LogP contribution is 2.28. The van der Waals surface area contributed by atoms with Gasteiger partial charge < -0.3 is 19.7 Å². The normalized spacial score (nSPS) is 45.5. The number of aliphatic hydroxyl groups is 2. The molecule has 66 valence electrons. The van der Waals surface area contributed by atoms with Crippen molar-refractivity contribution < 1.29 is 29.3 Å². The van der Waals surface area contributed by atoms with E-state index >= 15 is 0 Å². The molecule has 12 heavy (non-hydrogen) atoms. The third-order valence-electron chi connectivity index (χ3n) is 1.93. The van der Waals surface area contributed by atoms with Crippen LogP contribution in [0.15, 0.2) is 0 Å². The van der Waals surface area contributed by atoms with E-state index in [9.17, 15) is 9.59 Å². The highest BCUT2D eigenvalue weighted by Gasteiger charge is 2.57. The number of hydrogen-bond donors (Lipinski definition) is 2. The molecule has 0 bridgehead atoms. The van der Waals surface area contributed by atoms with Crippen LogP contribution in [0.5, 0.6) is 0 Å². The molecule has 2 aliphatic rings. The maximum absolute atomic E-state index is 10.7. The summed E-state index contributed by atoms with van der Waals surface area (Å²) in [7, 11) is 0. The average molecular weight is 174 g/mol. The molecule has 2 heterocycles. The molecule has 2 fully saturated rings. The summed E-state index contributed by atoms with van der Waals surface area (Å²) >= 11 is 0. The third-order valence-corrected chi connectivity index (χ3v) is 1.93. The Morgan fingerprint density at radius 1 is 0.917 bits per heavy atom. The largest absolute Gasteiger partial charge is 0.453 e. The van der Waals surface area contributed by atoms with Crippen molar-refractivity contribution in [2.45, 2.75) is 24.4 Å². The lowest BCUT2D eigenvalue weighted by Gasteiger charge is -2.05. The second-order valence-electron chi connectivity index (χ2n) is 2.69. The monoisotopic (exact) mass is 174 g/mol. The summed E-state index contributed by atoms with van der Waals surface area (Å²) in [5, 5.41) is 18.1. The molecule has 0 amide bonds. The molecule has 2 aliphatic heterocycles. The summed E-state index contributed by atoms with van der Waals surface area (Å²) in [6, 6.07) is 0. The lowest BCUT2D eigenvalue weighted by atomic mass is 10.1. The second-order valence-corrected chi connectivity index (χ2v) is 2.69. The standard InChI is InChI=1S/C6H6O6/c7-1-3-4(12-5(1)9)2(8)6(10)11-3/h1-4,7-8H/t1-,2?,3?,4?/m0/s1. The minimum atomic E-state index is -1.46. The van der Waals surface area contributed by atoms with Crippen LogP contribution in [0.4, 0.5) is 0 Å². The van der Waals surface area contributed by atoms with Gasteiger partial charge in [0.05, 0.1) is 0 Å². The van der Waals surface area contributed by atoms with Crippen LogP contribution < -0.4 is 0 Å². The highest BCUT2D eigenvalue weighted by atomic mass is 16.7. The number of rotatable bonds is 0. The van der Waals surface area contributed by atoms with Crippen LogP contribution in [0, 0.1) is 0 Å². The van der Waals surface area contributed by atoms with E-state index in [0.29, 0.717) is 0 Å². The summed E-state index contributed by atoms with van der Waals surface area (Å²) in [4.78, 5) is 21.3. The van der Waals surface area contributed by atoms with Gasteiger partial charge in [0.15, 0.2) is 24.4 Å². The van der Waals surface area contributed by atoms with E-state index in [2.05, 4.69) is 9.47 Å². The van der Waals surface area contributed by atoms with Crippen LogP contribution in [0.3, 0.4) is 0 Å². The van der Waals surface area contributed by atoms with Crippen molar-refractivity contribution in [2.75, 3.05) is 0 Å². The fourth-order valence-electron chi connectivity index (χ4n) is 1.30. The smallest absolute Gasteiger partial charge is 0.339 e. The predicted molar refractivity (Wildman–Crippen MR) is 31.8 cm³/mol. The van der Waals surface area contributed by atoms with Crippen LogP contribution in [0.2, 0.25) is 0 Å². The first-order valence-corrected chi connectivity index (χ1v) is 3.38. The van der Waals surface area contributed by atoms with Gasteiger partial charge in [-0.3, -0.25) is 0 Å². The van der Waals surface area contributed by atoms with Gasteiger partial charge in [0, 0.05) is 0 Å². The van der Waals surface area contributed by atoms with Crippen LogP contribution in [0.25, 0.3) is 0 Å². The Morgan fingerprint density at radius 3 is 1.58 bits per heavy atom. The number of ether oxygens (including phenoxy) is 2. The molecule has 0 spiro atoms. The van der Waals surface area contributed by atoms with Crippen molar-refractivity contribution in [2.24, 2.45) is 0 Å². The molecule has 4 atom stereocenters. The maximum atomic E-state index is 10.7. The van der Waals surface area contributed by atoms with E-state index in [4.69, 9.17) is 10.2 Å². The maximum Gasteiger partial charge on any atom is 0.339 e. The first-order valence-electron chi connectivity index (χ1n) is 3.38. The van der Waals surface area contributed by atoms with Gasteiger partial charge in [0.2, 0.25) is 0 Å². The average Bonchev–Trinajstić information content (AvgIpc) is 2.43. The third kappa shape index (κ3) is 0.759. The number of fused-ring (bicyclic) bond motifs is 1. The Labute approximate surface area is 66.7 Å². The van der Waals surface area contributed by atoms with Crippen molar-refractivity contribution in [3.63, 3.8) is 0 Å². The minimum absolute atomic E-state index is 0.864. The molecule has 3 unspecified atom stereocenters. The van der Waals surface area contributed by atoms with Crippen molar-refractivity contribution in [1.29, 1.82) is 0 Å². The highest BCUT2D eigenvalue weighted by molar-refractivity contribution is 5.85. The zero-order valence-corrected chi connectivity index (χ0v) is 5.84. The van der Waals surface area contributed by atoms with Gasteiger partial charge in [-0.2, -0.15) is 0 Å². The molecule has 0 radical (unpaired) electrons. The number of hydrogen-bond acceptors (Lipinski definition) is 6. The van der Waals surface area contributed by atoms with Gasteiger partial charge in [0.25, 0.3) is 0 Å². The summed E-state index contributed by atoms with van der Waals surface area (Å²) in [5.74, 6) is -1.73. The number of carbonyl (C=O) groups excluding carboxylic acids is 2. The molecule has 0 aromatic heterocycles. The summed E-state index contributed by atoms with van der Waals surface area (Å²) < 4.78 is 8.99. The first kappa shape index (κ1) is 7.51. The molecule has 0 aliphatic carbocycles. The molecule has 2 N–H and O–H groups in total. The van der Waals surface area contributed by atoms with E-state index in [0.717, 1.165) is 0 Å². The van der Waals surface area contributed by atoms with E-state index in [1.54, 1.807) is 0 Å². The SMILES string of the molecule is O=C1OC2C(OC(=O)[C@H]2O)C1O. The zero-order chi connectivity index (χ0) is 8.88. The summed E-state index contributed by atoms with van der Waals surface area (Å²) in [6.45, 7) is 0. The molecule has 6 nitrogen and oxygen atoms in total. The molecular weight excluding hydrogens is 168 g/mol. The van der Waals surface area contributed by atoms with Gasteiger partial charge in [-0.25, -0.2) is 9.59 Å². The van der Waals surface area contributed by atoms with Crippen molar-refractivity contribution in [3.05, 3.63) is 0 Å². The van der Waals surface area contributed by atoms with Gasteiger partial charge in [-0.15, -0.1) is 0 Å². The van der Waals surface area contributed by atoms with Gasteiger partial charge in [-0.05, 0) is 0 Å². The quantitative estimate of drug-likeness (QED) is 0.396. The molecule has 2 saturated heterocycles. The first-order chi connectivity index (χ1) is 5.61. The van der Waals surface area contributed by atoms with Crippen molar-refractivity contribution >= 4 is 11.9 Å². The molecular formula is C6H6O6. The predicted octanol–water partition coefficient (Wildman–Crippen LogP) is -2.44. The second kappa shape index (κ2) is 2.18. The zero-order valence-electron chi connectivity index (χ0n) is 5.84. The Hall–Kier alpha value is -1.14.